The van der Waals surface area contributed by atoms with Crippen molar-refractivity contribution in [2.75, 3.05) is 0 Å². The average Bonchev–Trinajstić information content (AvgIpc) is 3.56. The van der Waals surface area contributed by atoms with Crippen LogP contribution in [0.5, 0.6) is 0 Å². The van der Waals surface area contributed by atoms with Crippen molar-refractivity contribution in [3.05, 3.63) is 71.8 Å². The summed E-state index contributed by atoms with van der Waals surface area (Å²) in [5, 5.41) is 0. The lowest BCUT2D eigenvalue weighted by Gasteiger charge is -2.21. The van der Waals surface area contributed by atoms with Gasteiger partial charge in [0.05, 0.1) is 0 Å². The minimum atomic E-state index is -0.675. The molecule has 2 aromatic carbocycles. The van der Waals surface area contributed by atoms with Crippen LogP contribution in [-0.2, 0) is 14.3 Å². The second-order valence-electron chi connectivity index (χ2n) is 7.49. The Labute approximate surface area is 148 Å². The summed E-state index contributed by atoms with van der Waals surface area (Å²) in [5.41, 5.74) is 0.850. The van der Waals surface area contributed by atoms with Crippen molar-refractivity contribution in [1.82, 2.24) is 0 Å². The molecule has 0 amide bonds. The molecule has 3 fully saturated rings. The van der Waals surface area contributed by atoms with E-state index in [9.17, 15) is 4.79 Å². The Kier molecular flexibility index (Phi) is 3.37. The largest absolute Gasteiger partial charge is 0.353 e. The summed E-state index contributed by atoms with van der Waals surface area (Å²) in [7, 11) is 0. The highest BCUT2D eigenvalue weighted by atomic mass is 16.6. The topological polar surface area (TPSA) is 42.1 Å². The zero-order chi connectivity index (χ0) is 16.9. The molecule has 3 nitrogen and oxygen atoms in total. The number of hydrogen-bond donors (Lipinski definition) is 0. The van der Waals surface area contributed by atoms with Crippen molar-refractivity contribution in [1.29, 1.82) is 0 Å². The molecule has 2 aliphatic heterocycles. The Morgan fingerprint density at radius 1 is 0.680 bits per heavy atom. The molecule has 4 unspecified atom stereocenters. The van der Waals surface area contributed by atoms with Gasteiger partial charge in [-0.1, -0.05) is 67.1 Å². The Morgan fingerprint density at radius 2 is 1.12 bits per heavy atom. The molecule has 0 aromatic heterocycles. The third kappa shape index (κ3) is 2.30. The summed E-state index contributed by atoms with van der Waals surface area (Å²) < 4.78 is 12.2. The Hall–Kier alpha value is -1.97. The average molecular weight is 334 g/mol. The molecule has 2 heterocycles. The fraction of sp³-hybridized carbons (Fsp3) is 0.409. The van der Waals surface area contributed by atoms with E-state index in [2.05, 4.69) is 24.3 Å². The van der Waals surface area contributed by atoms with E-state index in [4.69, 9.17) is 9.47 Å². The molecule has 0 bridgehead atoms. The van der Waals surface area contributed by atoms with Gasteiger partial charge >= 0.3 is 0 Å². The Bertz CT molecular complexity index is 722. The number of benzene rings is 2. The predicted molar refractivity (Wildman–Crippen MR) is 94.1 cm³/mol. The number of rotatable bonds is 2. The van der Waals surface area contributed by atoms with Gasteiger partial charge in [-0.15, -0.1) is 0 Å². The Morgan fingerprint density at radius 3 is 1.56 bits per heavy atom. The maximum Gasteiger partial charge on any atom is 0.202 e. The highest BCUT2D eigenvalue weighted by Gasteiger charge is 2.74. The SMILES string of the molecule is O=C1C2(CCCCCC13OC3c1ccccc1)OC2c1ccccc1. The first-order valence-electron chi connectivity index (χ1n) is 9.27. The van der Waals surface area contributed by atoms with E-state index in [0.717, 1.165) is 43.2 Å². The maximum atomic E-state index is 13.6. The molecule has 2 saturated heterocycles. The molecule has 3 aliphatic rings. The van der Waals surface area contributed by atoms with E-state index in [0.29, 0.717) is 0 Å². The molecule has 1 aliphatic carbocycles. The standard InChI is InChI=1S/C22H22O3/c23-20-21(18(24-21)16-10-4-1-5-11-16)14-8-3-9-15-22(20)19(25-22)17-12-6-2-7-13-17/h1-2,4-7,10-13,18-19H,3,8-9,14-15H2. The zero-order valence-corrected chi connectivity index (χ0v) is 14.2. The molecule has 128 valence electrons. The monoisotopic (exact) mass is 334 g/mol. The molecule has 2 spiro atoms. The van der Waals surface area contributed by atoms with Crippen LogP contribution in [0.1, 0.15) is 55.4 Å². The maximum absolute atomic E-state index is 13.6. The molecule has 0 radical (unpaired) electrons. The molecule has 0 N–H and O–H groups in total. The first kappa shape index (κ1) is 15.3. The molecule has 4 atom stereocenters. The first-order chi connectivity index (χ1) is 12.3. The van der Waals surface area contributed by atoms with Crippen molar-refractivity contribution in [3.63, 3.8) is 0 Å². The normalized spacial score (nSPS) is 36.9. The molecular formula is C22H22O3. The number of carbonyl (C=O) groups is 1. The summed E-state index contributed by atoms with van der Waals surface area (Å²) in [5.74, 6) is 0.169. The third-order valence-electron chi connectivity index (χ3n) is 5.96. The summed E-state index contributed by atoms with van der Waals surface area (Å²) >= 11 is 0. The summed E-state index contributed by atoms with van der Waals surface area (Å²) in [6.45, 7) is 0. The van der Waals surface area contributed by atoms with E-state index in [1.165, 1.54) is 0 Å². The van der Waals surface area contributed by atoms with Crippen molar-refractivity contribution < 1.29 is 14.3 Å². The first-order valence-corrected chi connectivity index (χ1v) is 9.27. The fourth-order valence-corrected chi connectivity index (χ4v) is 4.55. The van der Waals surface area contributed by atoms with Crippen molar-refractivity contribution in [2.45, 2.75) is 55.5 Å². The molecule has 25 heavy (non-hydrogen) atoms. The number of ketones is 1. The number of Topliss-reactive ketones (excluding diaryl/α,β-unsaturated/α-hetero) is 1. The van der Waals surface area contributed by atoms with Crippen molar-refractivity contribution in [2.24, 2.45) is 0 Å². The number of epoxide rings is 2. The van der Waals surface area contributed by atoms with Gasteiger partial charge in [0, 0.05) is 0 Å². The zero-order valence-electron chi connectivity index (χ0n) is 14.2. The van der Waals surface area contributed by atoms with Crippen LogP contribution in [0.15, 0.2) is 60.7 Å². The van der Waals surface area contributed by atoms with Gasteiger partial charge in [0.15, 0.2) is 11.2 Å². The van der Waals surface area contributed by atoms with Gasteiger partial charge in [-0.3, -0.25) is 4.79 Å². The van der Waals surface area contributed by atoms with E-state index >= 15 is 0 Å². The molecule has 5 rings (SSSR count). The van der Waals surface area contributed by atoms with Crippen LogP contribution in [0.4, 0.5) is 0 Å². The van der Waals surface area contributed by atoms with Gasteiger partial charge in [-0.25, -0.2) is 0 Å². The lowest BCUT2D eigenvalue weighted by atomic mass is 9.77. The van der Waals surface area contributed by atoms with Crippen LogP contribution in [0.2, 0.25) is 0 Å². The van der Waals surface area contributed by atoms with Gasteiger partial charge in [0.25, 0.3) is 0 Å². The number of carbonyl (C=O) groups excluding carboxylic acids is 1. The van der Waals surface area contributed by atoms with Crippen LogP contribution in [-0.4, -0.2) is 17.0 Å². The molecular weight excluding hydrogens is 312 g/mol. The number of hydrogen-bond acceptors (Lipinski definition) is 3. The second kappa shape index (κ2) is 5.52. The quantitative estimate of drug-likeness (QED) is 0.757. The smallest absolute Gasteiger partial charge is 0.202 e. The van der Waals surface area contributed by atoms with Gasteiger partial charge in [-0.2, -0.15) is 0 Å². The van der Waals surface area contributed by atoms with Crippen LogP contribution in [0, 0.1) is 0 Å². The minimum absolute atomic E-state index is 0.114. The van der Waals surface area contributed by atoms with Gasteiger partial charge < -0.3 is 9.47 Å². The second-order valence-corrected chi connectivity index (χ2v) is 7.49. The van der Waals surface area contributed by atoms with E-state index in [1.54, 1.807) is 0 Å². The van der Waals surface area contributed by atoms with Gasteiger partial charge in [-0.05, 0) is 36.8 Å². The van der Waals surface area contributed by atoms with Crippen LogP contribution < -0.4 is 0 Å². The molecule has 1 saturated carbocycles. The van der Waals surface area contributed by atoms with Crippen LogP contribution in [0.3, 0.4) is 0 Å². The van der Waals surface area contributed by atoms with Gasteiger partial charge in [0.2, 0.25) is 5.78 Å². The molecule has 3 heteroatoms. The fourth-order valence-electron chi connectivity index (χ4n) is 4.55. The Balaban J connectivity index is 1.47. The van der Waals surface area contributed by atoms with E-state index in [1.807, 2.05) is 36.4 Å². The minimum Gasteiger partial charge on any atom is -0.353 e. The van der Waals surface area contributed by atoms with Crippen LogP contribution >= 0.6 is 0 Å². The predicted octanol–water partition coefficient (Wildman–Crippen LogP) is 4.54. The van der Waals surface area contributed by atoms with Crippen molar-refractivity contribution in [3.8, 4) is 0 Å². The summed E-state index contributed by atoms with van der Waals surface area (Å²) in [6, 6.07) is 20.2. The lowest BCUT2D eigenvalue weighted by molar-refractivity contribution is -0.130. The number of ether oxygens (including phenoxy) is 2. The highest BCUT2D eigenvalue weighted by Crippen LogP contribution is 2.63. The summed E-state index contributed by atoms with van der Waals surface area (Å²) in [4.78, 5) is 13.6. The van der Waals surface area contributed by atoms with Crippen molar-refractivity contribution >= 4 is 5.78 Å². The van der Waals surface area contributed by atoms with E-state index in [-0.39, 0.29) is 18.0 Å². The third-order valence-corrected chi connectivity index (χ3v) is 5.96. The highest BCUT2D eigenvalue weighted by molar-refractivity contribution is 6.00. The lowest BCUT2D eigenvalue weighted by Crippen LogP contribution is -2.40. The van der Waals surface area contributed by atoms with Gasteiger partial charge in [0.1, 0.15) is 12.2 Å². The van der Waals surface area contributed by atoms with E-state index < -0.39 is 11.2 Å². The summed E-state index contributed by atoms with van der Waals surface area (Å²) in [6.07, 6.45) is 4.60. The van der Waals surface area contributed by atoms with Crippen LogP contribution in [0.25, 0.3) is 0 Å². The molecule has 2 aromatic rings.